The topological polar surface area (TPSA) is 41.6 Å². The van der Waals surface area contributed by atoms with Crippen molar-refractivity contribution in [3.8, 4) is 5.75 Å². The molecule has 6 heteroatoms. The van der Waals surface area contributed by atoms with Crippen molar-refractivity contribution in [3.05, 3.63) is 27.3 Å². The predicted molar refractivity (Wildman–Crippen MR) is 95.6 cm³/mol. The molecule has 1 aliphatic heterocycles. The van der Waals surface area contributed by atoms with E-state index in [1.165, 1.54) is 0 Å². The molecular weight excluding hydrogens is 403 g/mol. The smallest absolute Gasteiger partial charge is 0.255 e. The molecule has 0 spiro atoms. The highest BCUT2D eigenvalue weighted by atomic mass is 127. The third-order valence-corrected chi connectivity index (χ3v) is 4.50. The molecule has 0 aliphatic carbocycles. The Morgan fingerprint density at radius 1 is 1.52 bits per heavy atom. The van der Waals surface area contributed by atoms with E-state index in [1.54, 1.807) is 7.11 Å². The molecule has 1 saturated heterocycles. The van der Waals surface area contributed by atoms with Crippen LogP contribution in [0.15, 0.2) is 18.2 Å². The number of rotatable bonds is 5. The Hall–Kier alpha value is -0.530. The fraction of sp³-hybridized carbons (Fsp3) is 0.533. The monoisotopic (exact) mass is 424 g/mol. The standard InChI is InChI=1S/C15H21IN2O2.ClH/c1-3-8-18(11-6-7-17-10-11)15(19)13-5-4-12(20-2)9-14(13)16;/h4-5,9,11,17H,3,6-8,10H2,1-2H3;1H. The van der Waals surface area contributed by atoms with Crippen LogP contribution in [0, 0.1) is 3.57 Å². The Kier molecular flexibility index (Phi) is 7.76. The molecule has 0 aromatic heterocycles. The molecule has 1 aromatic carbocycles. The number of amides is 1. The summed E-state index contributed by atoms with van der Waals surface area (Å²) in [5, 5.41) is 3.33. The van der Waals surface area contributed by atoms with Gasteiger partial charge in [0.1, 0.15) is 5.75 Å². The van der Waals surface area contributed by atoms with Crippen molar-refractivity contribution in [3.63, 3.8) is 0 Å². The maximum Gasteiger partial charge on any atom is 0.255 e. The van der Waals surface area contributed by atoms with Gasteiger partial charge in [-0.3, -0.25) is 4.79 Å². The quantitative estimate of drug-likeness (QED) is 0.739. The number of methoxy groups -OCH3 is 1. The zero-order chi connectivity index (χ0) is 14.5. The summed E-state index contributed by atoms with van der Waals surface area (Å²) in [6, 6.07) is 5.95. The van der Waals surface area contributed by atoms with Gasteiger partial charge in [0.2, 0.25) is 0 Å². The number of hydrogen-bond acceptors (Lipinski definition) is 3. The Morgan fingerprint density at radius 3 is 2.81 bits per heavy atom. The maximum absolute atomic E-state index is 12.8. The van der Waals surface area contributed by atoms with E-state index in [4.69, 9.17) is 4.74 Å². The number of nitrogens with zero attached hydrogens (tertiary/aromatic N) is 1. The summed E-state index contributed by atoms with van der Waals surface area (Å²) in [4.78, 5) is 14.8. The molecule has 1 aliphatic rings. The first-order valence-electron chi connectivity index (χ1n) is 7.02. The Labute approximate surface area is 146 Å². The van der Waals surface area contributed by atoms with Crippen LogP contribution in [-0.2, 0) is 0 Å². The Morgan fingerprint density at radius 2 is 2.29 bits per heavy atom. The molecule has 21 heavy (non-hydrogen) atoms. The van der Waals surface area contributed by atoms with Crippen LogP contribution in [0.1, 0.15) is 30.1 Å². The summed E-state index contributed by atoms with van der Waals surface area (Å²) < 4.78 is 6.14. The van der Waals surface area contributed by atoms with Crippen molar-refractivity contribution >= 4 is 40.9 Å². The first kappa shape index (κ1) is 18.5. The Balaban J connectivity index is 0.00000220. The predicted octanol–water partition coefficient (Wildman–Crippen LogP) is 2.94. The van der Waals surface area contributed by atoms with E-state index in [2.05, 4.69) is 34.8 Å². The van der Waals surface area contributed by atoms with Gasteiger partial charge in [-0.1, -0.05) is 6.92 Å². The van der Waals surface area contributed by atoms with Crippen LogP contribution in [0.25, 0.3) is 0 Å². The van der Waals surface area contributed by atoms with Gasteiger partial charge in [-0.25, -0.2) is 0 Å². The van der Waals surface area contributed by atoms with E-state index in [0.717, 1.165) is 47.4 Å². The molecule has 2 rings (SSSR count). The highest BCUT2D eigenvalue weighted by Gasteiger charge is 2.27. The fourth-order valence-electron chi connectivity index (χ4n) is 2.55. The minimum atomic E-state index is 0. The van der Waals surface area contributed by atoms with Crippen LogP contribution < -0.4 is 10.1 Å². The summed E-state index contributed by atoms with van der Waals surface area (Å²) in [6.07, 6.45) is 2.02. The zero-order valence-corrected chi connectivity index (χ0v) is 15.4. The largest absolute Gasteiger partial charge is 0.497 e. The van der Waals surface area contributed by atoms with Crippen LogP contribution in [0.4, 0.5) is 0 Å². The van der Waals surface area contributed by atoms with E-state index < -0.39 is 0 Å². The van der Waals surface area contributed by atoms with Crippen molar-refractivity contribution < 1.29 is 9.53 Å². The maximum atomic E-state index is 12.8. The fourth-order valence-corrected chi connectivity index (χ4v) is 3.26. The van der Waals surface area contributed by atoms with Gasteiger partial charge in [0.15, 0.2) is 0 Å². The van der Waals surface area contributed by atoms with Gasteiger partial charge in [0.05, 0.1) is 12.7 Å². The lowest BCUT2D eigenvalue weighted by Crippen LogP contribution is -2.42. The number of benzene rings is 1. The summed E-state index contributed by atoms with van der Waals surface area (Å²) in [7, 11) is 1.64. The second-order valence-electron chi connectivity index (χ2n) is 4.99. The summed E-state index contributed by atoms with van der Waals surface area (Å²) in [5.74, 6) is 0.920. The molecule has 4 nitrogen and oxygen atoms in total. The van der Waals surface area contributed by atoms with Crippen molar-refractivity contribution in [2.24, 2.45) is 0 Å². The van der Waals surface area contributed by atoms with Crippen molar-refractivity contribution in [2.45, 2.75) is 25.8 Å². The first-order chi connectivity index (χ1) is 9.67. The molecule has 1 amide bonds. The van der Waals surface area contributed by atoms with Crippen LogP contribution in [0.3, 0.4) is 0 Å². The van der Waals surface area contributed by atoms with Crippen LogP contribution in [0.2, 0.25) is 0 Å². The molecule has 1 fully saturated rings. The SMILES string of the molecule is CCCN(C(=O)c1ccc(OC)cc1I)C1CCNC1.Cl. The summed E-state index contributed by atoms with van der Waals surface area (Å²) in [5.41, 5.74) is 0.770. The molecule has 1 atom stereocenters. The van der Waals surface area contributed by atoms with Gasteiger partial charge >= 0.3 is 0 Å². The molecule has 0 radical (unpaired) electrons. The lowest BCUT2D eigenvalue weighted by molar-refractivity contribution is 0.0691. The number of halogens is 2. The van der Waals surface area contributed by atoms with Gasteiger partial charge < -0.3 is 15.0 Å². The van der Waals surface area contributed by atoms with E-state index >= 15 is 0 Å². The van der Waals surface area contributed by atoms with Crippen molar-refractivity contribution in [1.82, 2.24) is 10.2 Å². The van der Waals surface area contributed by atoms with Gasteiger partial charge in [-0.2, -0.15) is 0 Å². The van der Waals surface area contributed by atoms with Crippen LogP contribution in [-0.4, -0.2) is 43.6 Å². The molecule has 1 aromatic rings. The normalized spacial score (nSPS) is 17.2. The molecule has 1 unspecified atom stereocenters. The van der Waals surface area contributed by atoms with Crippen molar-refractivity contribution in [2.75, 3.05) is 26.7 Å². The molecule has 0 bridgehead atoms. The molecular formula is C15H22ClIN2O2. The van der Waals surface area contributed by atoms with E-state index in [1.807, 2.05) is 23.1 Å². The number of hydrogen-bond donors (Lipinski definition) is 1. The Bertz CT molecular complexity index is 479. The molecule has 118 valence electrons. The summed E-state index contributed by atoms with van der Waals surface area (Å²) >= 11 is 2.21. The van der Waals surface area contributed by atoms with Gasteiger partial charge in [-0.15, -0.1) is 12.4 Å². The van der Waals surface area contributed by atoms with Gasteiger partial charge in [-0.05, 0) is 60.2 Å². The third-order valence-electron chi connectivity index (χ3n) is 3.61. The second-order valence-corrected chi connectivity index (χ2v) is 6.15. The highest BCUT2D eigenvalue weighted by Crippen LogP contribution is 2.22. The van der Waals surface area contributed by atoms with Crippen LogP contribution in [0.5, 0.6) is 5.75 Å². The number of carbonyl (C=O) groups is 1. The molecule has 0 saturated carbocycles. The average molecular weight is 425 g/mol. The van der Waals surface area contributed by atoms with Gasteiger partial charge in [0, 0.05) is 22.7 Å². The minimum absolute atomic E-state index is 0. The lowest BCUT2D eigenvalue weighted by atomic mass is 10.1. The van der Waals surface area contributed by atoms with E-state index in [9.17, 15) is 4.79 Å². The number of nitrogens with one attached hydrogen (secondary N) is 1. The zero-order valence-electron chi connectivity index (χ0n) is 12.4. The lowest BCUT2D eigenvalue weighted by Gasteiger charge is -2.28. The third kappa shape index (κ3) is 4.47. The number of carbonyl (C=O) groups excluding carboxylic acids is 1. The van der Waals surface area contributed by atoms with E-state index in [-0.39, 0.29) is 18.3 Å². The van der Waals surface area contributed by atoms with E-state index in [0.29, 0.717) is 6.04 Å². The highest BCUT2D eigenvalue weighted by molar-refractivity contribution is 14.1. The molecule has 1 N–H and O–H groups in total. The van der Waals surface area contributed by atoms with Crippen LogP contribution >= 0.6 is 35.0 Å². The van der Waals surface area contributed by atoms with Crippen molar-refractivity contribution in [1.29, 1.82) is 0 Å². The second kappa shape index (κ2) is 8.80. The number of ether oxygens (including phenoxy) is 1. The minimum Gasteiger partial charge on any atom is -0.497 e. The molecule has 1 heterocycles. The summed E-state index contributed by atoms with van der Waals surface area (Å²) in [6.45, 7) is 4.82. The van der Waals surface area contributed by atoms with Gasteiger partial charge in [0.25, 0.3) is 5.91 Å². The average Bonchev–Trinajstić information content (AvgIpc) is 2.97. The first-order valence-corrected chi connectivity index (χ1v) is 8.10.